The van der Waals surface area contributed by atoms with Crippen molar-refractivity contribution in [1.82, 2.24) is 10.2 Å². The second-order valence-corrected chi connectivity index (χ2v) is 7.27. The Morgan fingerprint density at radius 3 is 2.88 bits per heavy atom. The number of benzene rings is 1. The number of ether oxygens (including phenoxy) is 1. The molecule has 1 fully saturated rings. The van der Waals surface area contributed by atoms with Crippen molar-refractivity contribution in [2.75, 3.05) is 39.4 Å². The number of hydrogen-bond donors (Lipinski definition) is 1. The summed E-state index contributed by atoms with van der Waals surface area (Å²) in [5.74, 6) is 0.0848. The largest absolute Gasteiger partial charge is 0.379 e. The maximum absolute atomic E-state index is 12.6. The van der Waals surface area contributed by atoms with E-state index in [9.17, 15) is 4.79 Å². The Labute approximate surface area is 147 Å². The van der Waals surface area contributed by atoms with E-state index >= 15 is 0 Å². The molecule has 3 rings (SSSR count). The summed E-state index contributed by atoms with van der Waals surface area (Å²) in [6, 6.07) is 8.33. The van der Waals surface area contributed by atoms with Crippen LogP contribution < -0.4 is 5.32 Å². The first kappa shape index (κ1) is 17.4. The van der Waals surface area contributed by atoms with Crippen LogP contribution in [0.25, 0.3) is 10.1 Å². The minimum absolute atomic E-state index is 0.0848. The lowest BCUT2D eigenvalue weighted by Gasteiger charge is -2.26. The second kappa shape index (κ2) is 8.60. The van der Waals surface area contributed by atoms with Crippen molar-refractivity contribution in [3.63, 3.8) is 0 Å². The first-order chi connectivity index (χ1) is 11.8. The van der Waals surface area contributed by atoms with Crippen LogP contribution in [0, 0.1) is 0 Å². The zero-order chi connectivity index (χ0) is 16.8. The van der Waals surface area contributed by atoms with E-state index in [1.54, 1.807) is 11.3 Å². The van der Waals surface area contributed by atoms with Crippen LogP contribution >= 0.6 is 11.3 Å². The van der Waals surface area contributed by atoms with Gasteiger partial charge in [-0.15, -0.1) is 11.3 Å². The fourth-order valence-electron chi connectivity index (χ4n) is 3.19. The van der Waals surface area contributed by atoms with Gasteiger partial charge in [-0.1, -0.05) is 31.5 Å². The van der Waals surface area contributed by atoms with Crippen molar-refractivity contribution in [2.24, 2.45) is 0 Å². The Hall–Kier alpha value is -1.43. The summed E-state index contributed by atoms with van der Waals surface area (Å²) in [6.45, 7) is 7.59. The molecule has 4 nitrogen and oxygen atoms in total. The number of morpholine rings is 1. The number of aryl methyl sites for hydroxylation is 1. The Morgan fingerprint density at radius 2 is 2.08 bits per heavy atom. The maximum atomic E-state index is 12.6. The summed E-state index contributed by atoms with van der Waals surface area (Å²) in [5.41, 5.74) is 1.21. The predicted octanol–water partition coefficient (Wildman–Crippen LogP) is 3.31. The number of nitrogens with one attached hydrogen (secondary N) is 1. The van der Waals surface area contributed by atoms with Crippen LogP contribution in [0.15, 0.2) is 24.3 Å². The Kier molecular flexibility index (Phi) is 6.24. The summed E-state index contributed by atoms with van der Waals surface area (Å²) < 4.78 is 6.56. The third-order valence-corrected chi connectivity index (χ3v) is 5.66. The molecule has 24 heavy (non-hydrogen) atoms. The lowest BCUT2D eigenvalue weighted by molar-refractivity contribution is 0.0374. The van der Waals surface area contributed by atoms with Crippen molar-refractivity contribution in [3.05, 3.63) is 34.7 Å². The van der Waals surface area contributed by atoms with E-state index in [0.29, 0.717) is 0 Å². The van der Waals surface area contributed by atoms with Gasteiger partial charge in [0, 0.05) is 24.3 Å². The highest BCUT2D eigenvalue weighted by Crippen LogP contribution is 2.32. The SMILES string of the molecule is CCCc1c(C(=O)NCCCN2CCOCC2)sc2ccccc12. The summed E-state index contributed by atoms with van der Waals surface area (Å²) in [5, 5.41) is 4.35. The van der Waals surface area contributed by atoms with Gasteiger partial charge in [0.05, 0.1) is 18.1 Å². The second-order valence-electron chi connectivity index (χ2n) is 6.22. The number of amides is 1. The average molecular weight is 346 g/mol. The van der Waals surface area contributed by atoms with Crippen LogP contribution in [-0.2, 0) is 11.2 Å². The standard InChI is InChI=1S/C19H26N2O2S/c1-2-6-16-15-7-3-4-8-17(15)24-18(16)19(22)20-9-5-10-21-11-13-23-14-12-21/h3-4,7-8H,2,5-6,9-14H2,1H3,(H,20,22). The molecule has 130 valence electrons. The molecule has 2 heterocycles. The molecule has 0 saturated carbocycles. The average Bonchev–Trinajstić information content (AvgIpc) is 2.99. The molecule has 1 amide bonds. The molecule has 1 aromatic carbocycles. The molecule has 1 saturated heterocycles. The lowest BCUT2D eigenvalue weighted by Crippen LogP contribution is -2.38. The molecule has 1 aromatic heterocycles. The van der Waals surface area contributed by atoms with E-state index in [-0.39, 0.29) is 5.91 Å². The molecule has 1 aliphatic rings. The first-order valence-electron chi connectivity index (χ1n) is 8.88. The zero-order valence-electron chi connectivity index (χ0n) is 14.3. The molecule has 0 atom stereocenters. The zero-order valence-corrected chi connectivity index (χ0v) is 15.2. The van der Waals surface area contributed by atoms with Crippen molar-refractivity contribution in [2.45, 2.75) is 26.2 Å². The monoisotopic (exact) mass is 346 g/mol. The van der Waals surface area contributed by atoms with Gasteiger partial charge in [0.25, 0.3) is 5.91 Å². The van der Waals surface area contributed by atoms with Gasteiger partial charge in [-0.3, -0.25) is 9.69 Å². The summed E-state index contributed by atoms with van der Waals surface area (Å²) in [6.07, 6.45) is 3.00. The number of carbonyl (C=O) groups is 1. The van der Waals surface area contributed by atoms with Crippen LogP contribution in [0.5, 0.6) is 0 Å². The predicted molar refractivity (Wildman–Crippen MR) is 100 cm³/mol. The molecular formula is C19H26N2O2S. The number of thiophene rings is 1. The maximum Gasteiger partial charge on any atom is 0.261 e. The number of fused-ring (bicyclic) bond motifs is 1. The fourth-order valence-corrected chi connectivity index (χ4v) is 4.36. The number of rotatable bonds is 7. The van der Waals surface area contributed by atoms with Gasteiger partial charge in [-0.2, -0.15) is 0 Å². The minimum atomic E-state index is 0.0848. The van der Waals surface area contributed by atoms with Crippen LogP contribution in [0.1, 0.15) is 35.0 Å². The van der Waals surface area contributed by atoms with Gasteiger partial charge in [-0.05, 0) is 36.4 Å². The number of carbonyl (C=O) groups excluding carboxylic acids is 1. The van der Waals surface area contributed by atoms with Crippen LogP contribution in [0.2, 0.25) is 0 Å². The van der Waals surface area contributed by atoms with Crippen molar-refractivity contribution in [1.29, 1.82) is 0 Å². The molecule has 1 N–H and O–H groups in total. The van der Waals surface area contributed by atoms with E-state index in [4.69, 9.17) is 4.74 Å². The van der Waals surface area contributed by atoms with Gasteiger partial charge in [0.1, 0.15) is 0 Å². The quantitative estimate of drug-likeness (QED) is 0.782. The van der Waals surface area contributed by atoms with E-state index in [1.165, 1.54) is 15.6 Å². The highest BCUT2D eigenvalue weighted by Gasteiger charge is 2.17. The Balaban J connectivity index is 1.58. The van der Waals surface area contributed by atoms with Crippen molar-refractivity contribution >= 4 is 27.3 Å². The molecule has 0 radical (unpaired) electrons. The molecule has 2 aromatic rings. The third kappa shape index (κ3) is 4.15. The number of hydrogen-bond acceptors (Lipinski definition) is 4. The van der Waals surface area contributed by atoms with E-state index < -0.39 is 0 Å². The van der Waals surface area contributed by atoms with Crippen molar-refractivity contribution in [3.8, 4) is 0 Å². The normalized spacial score (nSPS) is 15.7. The molecule has 0 bridgehead atoms. The molecule has 0 spiro atoms. The van der Waals surface area contributed by atoms with E-state index in [1.807, 2.05) is 6.07 Å². The Bertz CT molecular complexity index is 677. The highest BCUT2D eigenvalue weighted by atomic mass is 32.1. The van der Waals surface area contributed by atoms with E-state index in [2.05, 4.69) is 35.3 Å². The molecular weight excluding hydrogens is 320 g/mol. The summed E-state index contributed by atoms with van der Waals surface area (Å²) >= 11 is 1.62. The van der Waals surface area contributed by atoms with Gasteiger partial charge < -0.3 is 10.1 Å². The topological polar surface area (TPSA) is 41.6 Å². The summed E-state index contributed by atoms with van der Waals surface area (Å²) in [4.78, 5) is 15.9. The molecule has 1 aliphatic heterocycles. The molecule has 5 heteroatoms. The van der Waals surface area contributed by atoms with Crippen molar-refractivity contribution < 1.29 is 9.53 Å². The van der Waals surface area contributed by atoms with Crippen LogP contribution in [0.3, 0.4) is 0 Å². The minimum Gasteiger partial charge on any atom is -0.379 e. The summed E-state index contributed by atoms with van der Waals surface area (Å²) in [7, 11) is 0. The molecule has 0 aliphatic carbocycles. The van der Waals surface area contributed by atoms with Gasteiger partial charge >= 0.3 is 0 Å². The molecule has 0 unspecified atom stereocenters. The fraction of sp³-hybridized carbons (Fsp3) is 0.526. The first-order valence-corrected chi connectivity index (χ1v) is 9.70. The Morgan fingerprint density at radius 1 is 1.29 bits per heavy atom. The van der Waals surface area contributed by atoms with Gasteiger partial charge in [0.15, 0.2) is 0 Å². The van der Waals surface area contributed by atoms with Gasteiger partial charge in [0.2, 0.25) is 0 Å². The van der Waals surface area contributed by atoms with E-state index in [0.717, 1.165) is 63.5 Å². The lowest BCUT2D eigenvalue weighted by atomic mass is 10.1. The number of nitrogens with zero attached hydrogens (tertiary/aromatic N) is 1. The van der Waals surface area contributed by atoms with Crippen LogP contribution in [0.4, 0.5) is 0 Å². The highest BCUT2D eigenvalue weighted by molar-refractivity contribution is 7.21. The van der Waals surface area contributed by atoms with Gasteiger partial charge in [-0.25, -0.2) is 0 Å². The smallest absolute Gasteiger partial charge is 0.261 e. The third-order valence-electron chi connectivity index (χ3n) is 4.44. The van der Waals surface area contributed by atoms with Crippen LogP contribution in [-0.4, -0.2) is 50.2 Å².